The smallest absolute Gasteiger partial charge is 0.0828 e. The third kappa shape index (κ3) is 3.15. The van der Waals surface area contributed by atoms with Crippen molar-refractivity contribution in [2.24, 2.45) is 5.41 Å². The van der Waals surface area contributed by atoms with Crippen LogP contribution in [0.3, 0.4) is 0 Å². The highest BCUT2D eigenvalue weighted by atomic mass is 16.3. The van der Waals surface area contributed by atoms with Gasteiger partial charge in [0.2, 0.25) is 0 Å². The zero-order valence-corrected chi connectivity index (χ0v) is 9.14. The van der Waals surface area contributed by atoms with Crippen molar-refractivity contribution in [3.05, 3.63) is 12.2 Å². The second-order valence-electron chi connectivity index (χ2n) is 5.03. The Labute approximate surface area is 81.9 Å². The van der Waals surface area contributed by atoms with E-state index in [4.69, 9.17) is 0 Å². The molecule has 1 aliphatic carbocycles. The van der Waals surface area contributed by atoms with Gasteiger partial charge in [-0.15, -0.1) is 0 Å². The zero-order chi connectivity index (χ0) is 9.95. The van der Waals surface area contributed by atoms with Gasteiger partial charge in [0, 0.05) is 0 Å². The topological polar surface area (TPSA) is 20.2 Å². The minimum absolute atomic E-state index is 0.290. The highest BCUT2D eigenvalue weighted by Gasteiger charge is 2.30. The molecule has 0 fully saturated rings. The predicted molar refractivity (Wildman–Crippen MR) is 56.6 cm³/mol. The Kier molecular flexibility index (Phi) is 3.18. The first-order chi connectivity index (χ1) is 5.97. The Morgan fingerprint density at radius 2 is 1.92 bits per heavy atom. The maximum absolute atomic E-state index is 10.1. The van der Waals surface area contributed by atoms with E-state index in [1.54, 1.807) is 0 Å². The van der Waals surface area contributed by atoms with Crippen LogP contribution >= 0.6 is 0 Å². The minimum atomic E-state index is -0.495. The van der Waals surface area contributed by atoms with Crippen molar-refractivity contribution < 1.29 is 5.11 Å². The van der Waals surface area contributed by atoms with Gasteiger partial charge in [-0.3, -0.25) is 0 Å². The van der Waals surface area contributed by atoms with E-state index in [1.807, 2.05) is 6.08 Å². The number of unbranched alkanes of at least 4 members (excludes halogenated alkanes) is 1. The highest BCUT2D eigenvalue weighted by molar-refractivity contribution is 5.10. The molecule has 0 aliphatic heterocycles. The van der Waals surface area contributed by atoms with E-state index in [-0.39, 0.29) is 0 Å². The maximum atomic E-state index is 10.1. The molecule has 0 bridgehead atoms. The van der Waals surface area contributed by atoms with Gasteiger partial charge in [0.05, 0.1) is 5.60 Å². The van der Waals surface area contributed by atoms with Crippen molar-refractivity contribution >= 4 is 0 Å². The van der Waals surface area contributed by atoms with Crippen molar-refractivity contribution in [2.75, 3.05) is 0 Å². The molecule has 0 heterocycles. The molecule has 1 aliphatic rings. The molecule has 0 aromatic heterocycles. The standard InChI is InChI=1S/C12H22O/c1-4-5-6-12(13)9-7-11(2,3)8-10-12/h7,9,13H,4-6,8,10H2,1-3H3. The molecule has 76 valence electrons. The van der Waals surface area contributed by atoms with E-state index in [9.17, 15) is 5.11 Å². The average Bonchev–Trinajstić information content (AvgIpc) is 2.08. The molecular weight excluding hydrogens is 160 g/mol. The maximum Gasteiger partial charge on any atom is 0.0828 e. The average molecular weight is 182 g/mol. The van der Waals surface area contributed by atoms with Gasteiger partial charge in [0.15, 0.2) is 0 Å². The largest absolute Gasteiger partial charge is 0.386 e. The fourth-order valence-corrected chi connectivity index (χ4v) is 1.78. The number of hydrogen-bond donors (Lipinski definition) is 1. The first-order valence-corrected chi connectivity index (χ1v) is 5.40. The summed E-state index contributed by atoms with van der Waals surface area (Å²) in [5.74, 6) is 0. The van der Waals surface area contributed by atoms with Gasteiger partial charge in [-0.05, 0) is 24.7 Å². The van der Waals surface area contributed by atoms with E-state index in [1.165, 1.54) is 6.42 Å². The molecule has 0 saturated heterocycles. The molecule has 0 aromatic carbocycles. The lowest BCUT2D eigenvalue weighted by Gasteiger charge is -2.34. The van der Waals surface area contributed by atoms with Crippen LogP contribution in [0.2, 0.25) is 0 Å². The van der Waals surface area contributed by atoms with Crippen LogP contribution in [0, 0.1) is 5.41 Å². The molecule has 0 aromatic rings. The zero-order valence-electron chi connectivity index (χ0n) is 9.14. The molecule has 0 spiro atoms. The summed E-state index contributed by atoms with van der Waals surface area (Å²) in [5, 5.41) is 10.1. The van der Waals surface area contributed by atoms with Crippen molar-refractivity contribution in [2.45, 2.75) is 58.5 Å². The van der Waals surface area contributed by atoms with Gasteiger partial charge in [0.25, 0.3) is 0 Å². The summed E-state index contributed by atoms with van der Waals surface area (Å²) in [6.45, 7) is 6.62. The lowest BCUT2D eigenvalue weighted by atomic mass is 9.75. The van der Waals surface area contributed by atoms with E-state index >= 15 is 0 Å². The Morgan fingerprint density at radius 1 is 1.23 bits per heavy atom. The molecular formula is C12H22O. The Morgan fingerprint density at radius 3 is 2.38 bits per heavy atom. The van der Waals surface area contributed by atoms with Crippen molar-refractivity contribution in [3.63, 3.8) is 0 Å². The molecule has 1 rings (SSSR count). The van der Waals surface area contributed by atoms with Gasteiger partial charge in [-0.2, -0.15) is 0 Å². The Hall–Kier alpha value is -0.300. The molecule has 0 radical (unpaired) electrons. The monoisotopic (exact) mass is 182 g/mol. The van der Waals surface area contributed by atoms with Crippen LogP contribution in [0.15, 0.2) is 12.2 Å². The summed E-state index contributed by atoms with van der Waals surface area (Å²) >= 11 is 0. The summed E-state index contributed by atoms with van der Waals surface area (Å²) in [6, 6.07) is 0. The molecule has 1 heteroatoms. The first-order valence-electron chi connectivity index (χ1n) is 5.40. The highest BCUT2D eigenvalue weighted by Crippen LogP contribution is 2.36. The van der Waals surface area contributed by atoms with Gasteiger partial charge in [-0.1, -0.05) is 45.8 Å². The molecule has 0 saturated carbocycles. The lowest BCUT2D eigenvalue weighted by Crippen LogP contribution is -2.32. The summed E-state index contributed by atoms with van der Waals surface area (Å²) in [4.78, 5) is 0. The second-order valence-corrected chi connectivity index (χ2v) is 5.03. The van der Waals surface area contributed by atoms with Crippen LogP contribution in [0.4, 0.5) is 0 Å². The SMILES string of the molecule is CCCCC1(O)C=CC(C)(C)CC1. The molecule has 1 N–H and O–H groups in total. The summed E-state index contributed by atoms with van der Waals surface area (Å²) < 4.78 is 0. The van der Waals surface area contributed by atoms with Crippen molar-refractivity contribution in [1.29, 1.82) is 0 Å². The van der Waals surface area contributed by atoms with Gasteiger partial charge in [0.1, 0.15) is 0 Å². The van der Waals surface area contributed by atoms with Gasteiger partial charge in [-0.25, -0.2) is 0 Å². The third-order valence-corrected chi connectivity index (χ3v) is 3.01. The summed E-state index contributed by atoms with van der Waals surface area (Å²) in [6.07, 6.45) is 9.44. The number of rotatable bonds is 3. The van der Waals surface area contributed by atoms with Crippen LogP contribution in [0.5, 0.6) is 0 Å². The van der Waals surface area contributed by atoms with Crippen LogP contribution < -0.4 is 0 Å². The second kappa shape index (κ2) is 3.83. The fraction of sp³-hybridized carbons (Fsp3) is 0.833. The Balaban J connectivity index is 2.54. The first kappa shape index (κ1) is 10.8. The van der Waals surface area contributed by atoms with Gasteiger partial charge >= 0.3 is 0 Å². The number of aliphatic hydroxyl groups is 1. The quantitative estimate of drug-likeness (QED) is 0.664. The number of allylic oxidation sites excluding steroid dienone is 1. The van der Waals surface area contributed by atoms with Crippen LogP contribution in [-0.4, -0.2) is 10.7 Å². The molecule has 1 atom stereocenters. The molecule has 1 nitrogen and oxygen atoms in total. The summed E-state index contributed by atoms with van der Waals surface area (Å²) in [7, 11) is 0. The third-order valence-electron chi connectivity index (χ3n) is 3.01. The van der Waals surface area contributed by atoms with E-state index in [0.29, 0.717) is 5.41 Å². The van der Waals surface area contributed by atoms with E-state index in [0.717, 1.165) is 25.7 Å². The van der Waals surface area contributed by atoms with Crippen LogP contribution in [0.25, 0.3) is 0 Å². The Bertz CT molecular complexity index is 193. The predicted octanol–water partition coefficient (Wildman–Crippen LogP) is 3.28. The van der Waals surface area contributed by atoms with E-state index < -0.39 is 5.60 Å². The number of hydrogen-bond acceptors (Lipinski definition) is 1. The van der Waals surface area contributed by atoms with Crippen LogP contribution in [-0.2, 0) is 0 Å². The normalized spacial score (nSPS) is 32.0. The van der Waals surface area contributed by atoms with Crippen molar-refractivity contribution in [3.8, 4) is 0 Å². The molecule has 0 amide bonds. The molecule has 1 unspecified atom stereocenters. The molecule has 13 heavy (non-hydrogen) atoms. The van der Waals surface area contributed by atoms with Crippen molar-refractivity contribution in [1.82, 2.24) is 0 Å². The van der Waals surface area contributed by atoms with Gasteiger partial charge < -0.3 is 5.11 Å². The van der Waals surface area contributed by atoms with E-state index in [2.05, 4.69) is 26.8 Å². The fourth-order valence-electron chi connectivity index (χ4n) is 1.78. The summed E-state index contributed by atoms with van der Waals surface area (Å²) in [5.41, 5.74) is -0.204. The lowest BCUT2D eigenvalue weighted by molar-refractivity contribution is 0.0501. The minimum Gasteiger partial charge on any atom is -0.386 e. The van der Waals surface area contributed by atoms with Crippen LogP contribution in [0.1, 0.15) is 52.9 Å².